The number of pyridine rings is 1. The topological polar surface area (TPSA) is 107 Å². The highest BCUT2D eigenvalue weighted by Gasteiger charge is 2.16. The first-order chi connectivity index (χ1) is 15.3. The number of anilines is 1. The molecule has 0 unspecified atom stereocenters. The summed E-state index contributed by atoms with van der Waals surface area (Å²) in [7, 11) is -2.08. The Bertz CT molecular complexity index is 1160. The average molecular weight is 456 g/mol. The molecule has 3 rings (SSSR count). The third-order valence-corrected chi connectivity index (χ3v) is 6.06. The highest BCUT2D eigenvalue weighted by Crippen LogP contribution is 2.31. The molecule has 2 aromatic carbocycles. The van der Waals surface area contributed by atoms with E-state index in [1.807, 2.05) is 12.1 Å². The number of hydrogen-bond acceptors (Lipinski definition) is 6. The molecule has 1 aromatic heterocycles. The molecule has 2 N–H and O–H groups in total. The van der Waals surface area contributed by atoms with Crippen molar-refractivity contribution in [1.29, 1.82) is 0 Å². The summed E-state index contributed by atoms with van der Waals surface area (Å²) in [5.41, 5.74) is 1.78. The molecular formula is C23H25N3O5S. The number of sulfonamides is 1. The zero-order valence-electron chi connectivity index (χ0n) is 18.0. The Hall–Kier alpha value is -3.43. The summed E-state index contributed by atoms with van der Waals surface area (Å²) in [4.78, 5) is 16.7. The number of nitrogens with zero attached hydrogens (tertiary/aromatic N) is 1. The second-order valence-electron chi connectivity index (χ2n) is 7.26. The van der Waals surface area contributed by atoms with E-state index in [-0.39, 0.29) is 16.8 Å². The first kappa shape index (κ1) is 23.2. The molecule has 168 valence electrons. The molecule has 8 nitrogen and oxygen atoms in total. The maximum atomic E-state index is 12.6. The Morgan fingerprint density at radius 1 is 1.00 bits per heavy atom. The number of carbonyl (C=O) groups is 1. The lowest BCUT2D eigenvalue weighted by molar-refractivity contribution is 0.102. The molecule has 9 heteroatoms. The summed E-state index contributed by atoms with van der Waals surface area (Å²) in [5, 5.41) is 2.79. The molecule has 0 aliphatic heterocycles. The highest BCUT2D eigenvalue weighted by molar-refractivity contribution is 7.89. The SMILES string of the molecule is COc1ccc(NC(=O)c2ccc(S(=O)(=O)NC(C)C)cc2)cc1OCc1ccncc1. The minimum Gasteiger partial charge on any atom is -0.493 e. The van der Waals surface area contributed by atoms with E-state index in [1.54, 1.807) is 44.4 Å². The quantitative estimate of drug-likeness (QED) is 0.511. The van der Waals surface area contributed by atoms with Crippen LogP contribution in [0.5, 0.6) is 11.5 Å². The van der Waals surface area contributed by atoms with Gasteiger partial charge in [-0.1, -0.05) is 0 Å². The van der Waals surface area contributed by atoms with Gasteiger partial charge in [0.1, 0.15) is 6.61 Å². The Balaban J connectivity index is 1.71. The molecule has 0 aliphatic carbocycles. The van der Waals surface area contributed by atoms with Crippen LogP contribution < -0.4 is 19.5 Å². The van der Waals surface area contributed by atoms with Crippen molar-refractivity contribution in [2.75, 3.05) is 12.4 Å². The van der Waals surface area contributed by atoms with Crippen molar-refractivity contribution in [1.82, 2.24) is 9.71 Å². The van der Waals surface area contributed by atoms with Gasteiger partial charge in [-0.2, -0.15) is 0 Å². The van der Waals surface area contributed by atoms with Crippen LogP contribution >= 0.6 is 0 Å². The molecule has 0 spiro atoms. The summed E-state index contributed by atoms with van der Waals surface area (Å²) in [5.74, 6) is 0.628. The van der Waals surface area contributed by atoms with E-state index < -0.39 is 10.0 Å². The van der Waals surface area contributed by atoms with Crippen LogP contribution in [0.4, 0.5) is 5.69 Å². The number of methoxy groups -OCH3 is 1. The van der Waals surface area contributed by atoms with Crippen molar-refractivity contribution >= 4 is 21.6 Å². The molecule has 0 aliphatic rings. The Morgan fingerprint density at radius 2 is 1.69 bits per heavy atom. The zero-order chi connectivity index (χ0) is 23.1. The van der Waals surface area contributed by atoms with Crippen LogP contribution in [0.15, 0.2) is 71.9 Å². The lowest BCUT2D eigenvalue weighted by atomic mass is 10.2. The molecule has 0 saturated heterocycles. The fraction of sp³-hybridized carbons (Fsp3) is 0.217. The molecule has 0 atom stereocenters. The summed E-state index contributed by atoms with van der Waals surface area (Å²) in [6, 6.07) is 14.3. The van der Waals surface area contributed by atoms with Gasteiger partial charge in [-0.25, -0.2) is 13.1 Å². The molecule has 0 bridgehead atoms. The number of benzene rings is 2. The van der Waals surface area contributed by atoms with Gasteiger partial charge in [-0.05, 0) is 67.9 Å². The number of rotatable bonds is 9. The van der Waals surface area contributed by atoms with Crippen LogP contribution in [0.3, 0.4) is 0 Å². The predicted molar refractivity (Wildman–Crippen MR) is 121 cm³/mol. The normalized spacial score (nSPS) is 11.2. The van der Waals surface area contributed by atoms with Crippen molar-refractivity contribution in [3.8, 4) is 11.5 Å². The van der Waals surface area contributed by atoms with Gasteiger partial charge in [0.05, 0.1) is 12.0 Å². The molecule has 0 fully saturated rings. The van der Waals surface area contributed by atoms with E-state index >= 15 is 0 Å². The van der Waals surface area contributed by atoms with E-state index in [0.717, 1.165) is 5.56 Å². The molecule has 0 saturated carbocycles. The molecule has 3 aromatic rings. The van der Waals surface area contributed by atoms with Crippen LogP contribution in [0.2, 0.25) is 0 Å². The smallest absolute Gasteiger partial charge is 0.255 e. The Morgan fingerprint density at radius 3 is 2.31 bits per heavy atom. The molecule has 1 heterocycles. The number of carbonyl (C=O) groups excluding carboxylic acids is 1. The number of hydrogen-bond donors (Lipinski definition) is 2. The monoisotopic (exact) mass is 455 g/mol. The van der Waals surface area contributed by atoms with Gasteiger partial charge in [0.2, 0.25) is 10.0 Å². The van der Waals surface area contributed by atoms with Crippen LogP contribution in [-0.4, -0.2) is 32.5 Å². The minimum absolute atomic E-state index is 0.0963. The summed E-state index contributed by atoms with van der Waals surface area (Å²) in [6.45, 7) is 3.79. The maximum Gasteiger partial charge on any atom is 0.255 e. The lowest BCUT2D eigenvalue weighted by Crippen LogP contribution is -2.30. The van der Waals surface area contributed by atoms with Crippen LogP contribution in [-0.2, 0) is 16.6 Å². The summed E-state index contributed by atoms with van der Waals surface area (Å²) in [6.07, 6.45) is 3.37. The standard InChI is InChI=1S/C23H25N3O5S/c1-16(2)26-32(28,29)20-7-4-18(5-8-20)23(27)25-19-6-9-21(30-3)22(14-19)31-15-17-10-12-24-13-11-17/h4-14,16,26H,15H2,1-3H3,(H,25,27). The van der Waals surface area contributed by atoms with Gasteiger partial charge in [0.15, 0.2) is 11.5 Å². The van der Waals surface area contributed by atoms with E-state index in [4.69, 9.17) is 9.47 Å². The molecule has 1 amide bonds. The number of ether oxygens (including phenoxy) is 2. The molecule has 0 radical (unpaired) electrons. The minimum atomic E-state index is -3.62. The first-order valence-corrected chi connectivity index (χ1v) is 11.4. The highest BCUT2D eigenvalue weighted by atomic mass is 32.2. The van der Waals surface area contributed by atoms with Gasteiger partial charge in [0.25, 0.3) is 5.91 Å². The molecule has 32 heavy (non-hydrogen) atoms. The fourth-order valence-corrected chi connectivity index (χ4v) is 4.13. The fourth-order valence-electron chi connectivity index (χ4n) is 2.87. The predicted octanol–water partition coefficient (Wildman–Crippen LogP) is 3.61. The van der Waals surface area contributed by atoms with Gasteiger partial charge in [0, 0.05) is 35.8 Å². The lowest BCUT2D eigenvalue weighted by Gasteiger charge is -2.13. The van der Waals surface area contributed by atoms with Crippen molar-refractivity contribution in [3.05, 3.63) is 78.1 Å². The van der Waals surface area contributed by atoms with Crippen molar-refractivity contribution in [2.24, 2.45) is 0 Å². The maximum absolute atomic E-state index is 12.6. The molecular weight excluding hydrogens is 430 g/mol. The van der Waals surface area contributed by atoms with Gasteiger partial charge in [-0.3, -0.25) is 9.78 Å². The van der Waals surface area contributed by atoms with Gasteiger partial charge >= 0.3 is 0 Å². The third kappa shape index (κ3) is 6.05. The van der Waals surface area contributed by atoms with Gasteiger partial charge < -0.3 is 14.8 Å². The van der Waals surface area contributed by atoms with Gasteiger partial charge in [-0.15, -0.1) is 0 Å². The zero-order valence-corrected chi connectivity index (χ0v) is 18.8. The first-order valence-electron chi connectivity index (χ1n) is 9.92. The largest absolute Gasteiger partial charge is 0.493 e. The Labute approximate surface area is 187 Å². The van der Waals surface area contributed by atoms with E-state index in [9.17, 15) is 13.2 Å². The van der Waals surface area contributed by atoms with Crippen molar-refractivity contribution in [2.45, 2.75) is 31.4 Å². The van der Waals surface area contributed by atoms with Crippen LogP contribution in [0.25, 0.3) is 0 Å². The van der Waals surface area contributed by atoms with Crippen molar-refractivity contribution < 1.29 is 22.7 Å². The van der Waals surface area contributed by atoms with E-state index in [0.29, 0.717) is 29.4 Å². The van der Waals surface area contributed by atoms with Crippen LogP contribution in [0.1, 0.15) is 29.8 Å². The average Bonchev–Trinajstić information content (AvgIpc) is 2.78. The second-order valence-corrected chi connectivity index (χ2v) is 8.98. The number of amides is 1. The number of nitrogens with one attached hydrogen (secondary N) is 2. The van der Waals surface area contributed by atoms with E-state index in [1.165, 1.54) is 31.4 Å². The Kier molecular flexibility index (Phi) is 7.45. The van der Waals surface area contributed by atoms with Crippen molar-refractivity contribution in [3.63, 3.8) is 0 Å². The van der Waals surface area contributed by atoms with E-state index in [2.05, 4.69) is 15.0 Å². The van der Waals surface area contributed by atoms with Crippen LogP contribution in [0, 0.1) is 0 Å². The summed E-state index contributed by atoms with van der Waals surface area (Å²) < 4.78 is 38.2. The summed E-state index contributed by atoms with van der Waals surface area (Å²) >= 11 is 0. The number of aromatic nitrogens is 1. The second kappa shape index (κ2) is 10.3. The third-order valence-electron chi connectivity index (χ3n) is 4.38.